The third-order valence-electron chi connectivity index (χ3n) is 2.27. The Morgan fingerprint density at radius 3 is 2.43 bits per heavy atom. The monoisotopic (exact) mass is 324 g/mol. The van der Waals surface area contributed by atoms with E-state index in [4.69, 9.17) is 22.4 Å². The summed E-state index contributed by atoms with van der Waals surface area (Å²) in [6.45, 7) is 0. The lowest BCUT2D eigenvalue weighted by Crippen LogP contribution is -2.34. The molecule has 0 aliphatic rings. The number of carbonyl (C=O) groups is 2. The molecule has 1 aromatic carbocycles. The number of nitrogens with zero attached hydrogens (tertiary/aromatic N) is 1. The standard InChI is InChI=1S/C10H9ClN2O3.C4H4S/c11-8-1-2-9(7(5-8)3-4-14)13(6-15)10(12)16;1-2-4-5-3-1/h1-6,14H,(H2,12,16);1-4H/b4-3+;. The molecule has 0 fully saturated rings. The number of halogens is 1. The maximum absolute atomic E-state index is 11.0. The van der Waals surface area contributed by atoms with Crippen LogP contribution in [0.15, 0.2) is 47.4 Å². The summed E-state index contributed by atoms with van der Waals surface area (Å²) in [5, 5.41) is 13.2. The quantitative estimate of drug-likeness (QED) is 0.667. The maximum atomic E-state index is 11.0. The summed E-state index contributed by atoms with van der Waals surface area (Å²) in [6.07, 6.45) is 2.36. The molecule has 5 nitrogen and oxygen atoms in total. The van der Waals surface area contributed by atoms with Gasteiger partial charge in [-0.1, -0.05) is 23.7 Å². The fraction of sp³-hybridized carbons (Fsp3) is 0. The van der Waals surface area contributed by atoms with Crippen LogP contribution in [0.5, 0.6) is 0 Å². The maximum Gasteiger partial charge on any atom is 0.325 e. The van der Waals surface area contributed by atoms with Crippen LogP contribution in [0.2, 0.25) is 5.02 Å². The molecular formula is C14H13ClN2O3S. The van der Waals surface area contributed by atoms with Gasteiger partial charge in [0.25, 0.3) is 0 Å². The predicted octanol–water partition coefficient (Wildman–Crippen LogP) is 3.66. The van der Waals surface area contributed by atoms with Gasteiger partial charge >= 0.3 is 6.03 Å². The van der Waals surface area contributed by atoms with Crippen LogP contribution in [0.3, 0.4) is 0 Å². The van der Waals surface area contributed by atoms with E-state index in [1.165, 1.54) is 24.3 Å². The molecule has 2 rings (SSSR count). The Kier molecular flexibility index (Phi) is 7.00. The molecule has 0 aliphatic carbocycles. The molecule has 1 aromatic heterocycles. The summed E-state index contributed by atoms with van der Waals surface area (Å²) in [5.41, 5.74) is 5.67. The minimum atomic E-state index is -0.912. The minimum Gasteiger partial charge on any atom is -0.516 e. The lowest BCUT2D eigenvalue weighted by atomic mass is 10.1. The number of rotatable bonds is 3. The highest BCUT2D eigenvalue weighted by molar-refractivity contribution is 7.07. The summed E-state index contributed by atoms with van der Waals surface area (Å²) in [6, 6.07) is 7.57. The average molecular weight is 325 g/mol. The molecule has 0 saturated heterocycles. The Bertz CT molecular complexity index is 597. The van der Waals surface area contributed by atoms with E-state index in [0.717, 1.165) is 6.26 Å². The number of nitrogens with two attached hydrogens (primary N) is 1. The molecular weight excluding hydrogens is 312 g/mol. The van der Waals surface area contributed by atoms with Crippen LogP contribution in [0.25, 0.3) is 6.08 Å². The van der Waals surface area contributed by atoms with Gasteiger partial charge in [0.1, 0.15) is 0 Å². The largest absolute Gasteiger partial charge is 0.516 e. The third-order valence-corrected chi connectivity index (χ3v) is 3.14. The average Bonchev–Trinajstić information content (AvgIpc) is 3.01. The first-order valence-corrected chi connectivity index (χ1v) is 7.03. The molecule has 0 aliphatic heterocycles. The van der Waals surface area contributed by atoms with Gasteiger partial charge < -0.3 is 10.8 Å². The van der Waals surface area contributed by atoms with Crippen LogP contribution in [0, 0.1) is 0 Å². The van der Waals surface area contributed by atoms with E-state index >= 15 is 0 Å². The van der Waals surface area contributed by atoms with Gasteiger partial charge in [-0.2, -0.15) is 11.3 Å². The number of imide groups is 1. The highest BCUT2D eigenvalue weighted by Crippen LogP contribution is 2.24. The zero-order chi connectivity index (χ0) is 15.7. The van der Waals surface area contributed by atoms with Gasteiger partial charge in [0.15, 0.2) is 0 Å². The Morgan fingerprint density at radius 2 is 2.00 bits per heavy atom. The summed E-state index contributed by atoms with van der Waals surface area (Å²) in [7, 11) is 0. The van der Waals surface area contributed by atoms with Crippen LogP contribution in [0.4, 0.5) is 10.5 Å². The van der Waals surface area contributed by atoms with E-state index in [-0.39, 0.29) is 5.69 Å². The van der Waals surface area contributed by atoms with Crippen molar-refractivity contribution in [2.45, 2.75) is 0 Å². The van der Waals surface area contributed by atoms with Crippen molar-refractivity contribution in [1.29, 1.82) is 0 Å². The first kappa shape index (κ1) is 16.7. The Morgan fingerprint density at radius 1 is 1.33 bits per heavy atom. The molecule has 0 saturated carbocycles. The van der Waals surface area contributed by atoms with Gasteiger partial charge in [-0.05, 0) is 35.0 Å². The zero-order valence-corrected chi connectivity index (χ0v) is 12.4. The summed E-state index contributed by atoms with van der Waals surface area (Å²) < 4.78 is 0. The molecule has 7 heteroatoms. The van der Waals surface area contributed by atoms with Gasteiger partial charge in [-0.25, -0.2) is 9.69 Å². The SMILES string of the molecule is NC(=O)N(C=O)c1ccc(Cl)cc1/C=C/O.c1ccsc1. The van der Waals surface area contributed by atoms with Crippen LogP contribution >= 0.6 is 22.9 Å². The van der Waals surface area contributed by atoms with Crippen molar-refractivity contribution in [3.8, 4) is 0 Å². The Hall–Kier alpha value is -2.31. The summed E-state index contributed by atoms with van der Waals surface area (Å²) >= 11 is 7.45. The second-order valence-corrected chi connectivity index (χ2v) is 4.88. The van der Waals surface area contributed by atoms with Gasteiger partial charge in [-0.3, -0.25) is 4.79 Å². The number of benzene rings is 1. The first-order chi connectivity index (χ1) is 10.1. The number of urea groups is 1. The highest BCUT2D eigenvalue weighted by Gasteiger charge is 2.14. The van der Waals surface area contributed by atoms with Gasteiger partial charge in [0.05, 0.1) is 11.9 Å². The summed E-state index contributed by atoms with van der Waals surface area (Å²) in [4.78, 5) is 22.4. The van der Waals surface area contributed by atoms with Gasteiger partial charge in [-0.15, -0.1) is 0 Å². The second kappa shape index (κ2) is 8.78. The first-order valence-electron chi connectivity index (χ1n) is 5.71. The number of hydrogen-bond donors (Lipinski definition) is 2. The smallest absolute Gasteiger partial charge is 0.325 e. The fourth-order valence-electron chi connectivity index (χ4n) is 1.41. The topological polar surface area (TPSA) is 83.6 Å². The number of aliphatic hydroxyl groups excluding tert-OH is 1. The predicted molar refractivity (Wildman–Crippen MR) is 85.6 cm³/mol. The Balaban J connectivity index is 0.000000369. The molecule has 2 aromatic rings. The van der Waals surface area contributed by atoms with E-state index in [2.05, 4.69) is 0 Å². The van der Waals surface area contributed by atoms with Crippen molar-refractivity contribution in [3.63, 3.8) is 0 Å². The number of anilines is 1. The van der Waals surface area contributed by atoms with E-state index in [0.29, 0.717) is 21.9 Å². The van der Waals surface area contributed by atoms with Crippen molar-refractivity contribution in [2.24, 2.45) is 5.73 Å². The normalized spacial score (nSPS) is 9.76. The molecule has 0 spiro atoms. The van der Waals surface area contributed by atoms with Crippen LogP contribution < -0.4 is 10.6 Å². The van der Waals surface area contributed by atoms with E-state index in [1.54, 1.807) is 11.3 Å². The van der Waals surface area contributed by atoms with Gasteiger partial charge in [0, 0.05) is 10.6 Å². The number of carbonyl (C=O) groups excluding carboxylic acids is 2. The van der Waals surface area contributed by atoms with E-state index < -0.39 is 6.03 Å². The van der Waals surface area contributed by atoms with Crippen LogP contribution in [0.1, 0.15) is 5.56 Å². The number of thiophene rings is 1. The lowest BCUT2D eigenvalue weighted by Gasteiger charge is -2.15. The summed E-state index contributed by atoms with van der Waals surface area (Å²) in [5.74, 6) is 0. The highest BCUT2D eigenvalue weighted by atomic mass is 35.5. The van der Waals surface area contributed by atoms with Crippen LogP contribution in [-0.2, 0) is 4.79 Å². The van der Waals surface area contributed by atoms with Crippen molar-refractivity contribution >= 4 is 47.1 Å². The fourth-order valence-corrected chi connectivity index (χ4v) is 2.05. The molecule has 0 unspecified atom stereocenters. The van der Waals surface area contributed by atoms with Gasteiger partial charge in [0.2, 0.25) is 6.41 Å². The molecule has 110 valence electrons. The minimum absolute atomic E-state index is 0.247. The van der Waals surface area contributed by atoms with E-state index in [9.17, 15) is 9.59 Å². The molecule has 0 bridgehead atoms. The molecule has 0 radical (unpaired) electrons. The second-order valence-electron chi connectivity index (χ2n) is 3.63. The molecule has 1 heterocycles. The number of aliphatic hydroxyl groups is 1. The molecule has 3 amide bonds. The van der Waals surface area contributed by atoms with E-state index in [1.807, 2.05) is 22.9 Å². The molecule has 21 heavy (non-hydrogen) atoms. The number of amides is 3. The number of primary amides is 1. The van der Waals surface area contributed by atoms with Crippen molar-refractivity contribution < 1.29 is 14.7 Å². The van der Waals surface area contributed by atoms with Crippen molar-refractivity contribution in [2.75, 3.05) is 4.90 Å². The lowest BCUT2D eigenvalue weighted by molar-refractivity contribution is -0.106. The molecule has 3 N–H and O–H groups in total. The van der Waals surface area contributed by atoms with Crippen molar-refractivity contribution in [3.05, 3.63) is 57.9 Å². The Labute approximate surface area is 130 Å². The van der Waals surface area contributed by atoms with Crippen molar-refractivity contribution in [1.82, 2.24) is 0 Å². The molecule has 0 atom stereocenters. The van der Waals surface area contributed by atoms with Crippen LogP contribution in [-0.4, -0.2) is 17.5 Å². The third kappa shape index (κ3) is 5.29. The number of hydrogen-bond acceptors (Lipinski definition) is 4. The zero-order valence-electron chi connectivity index (χ0n) is 10.8.